The second kappa shape index (κ2) is 11.0. The minimum absolute atomic E-state index is 0.119. The molecule has 142 valence electrons. The van der Waals surface area contributed by atoms with Gasteiger partial charge in [0.1, 0.15) is 18.1 Å². The lowest BCUT2D eigenvalue weighted by molar-refractivity contribution is -0.110. The SMILES string of the molecule is CCN(CC)CCOc1cccc(C=CC(=O)C=Cc2cccc(O)c2)c1. The number of rotatable bonds is 10. The van der Waals surface area contributed by atoms with E-state index in [0.29, 0.717) is 6.61 Å². The van der Waals surface area contributed by atoms with Gasteiger partial charge in [-0.05, 0) is 60.6 Å². The van der Waals surface area contributed by atoms with Crippen molar-refractivity contribution in [1.82, 2.24) is 4.90 Å². The monoisotopic (exact) mass is 365 g/mol. The highest BCUT2D eigenvalue weighted by molar-refractivity contribution is 6.04. The number of hydrogen-bond donors (Lipinski definition) is 1. The number of ketones is 1. The molecule has 0 saturated carbocycles. The van der Waals surface area contributed by atoms with Crippen LogP contribution in [-0.2, 0) is 4.79 Å². The van der Waals surface area contributed by atoms with Crippen LogP contribution in [0.1, 0.15) is 25.0 Å². The van der Waals surface area contributed by atoms with Crippen molar-refractivity contribution in [1.29, 1.82) is 0 Å². The summed E-state index contributed by atoms with van der Waals surface area (Å²) >= 11 is 0. The van der Waals surface area contributed by atoms with E-state index in [0.717, 1.165) is 36.5 Å². The van der Waals surface area contributed by atoms with Crippen molar-refractivity contribution < 1.29 is 14.6 Å². The van der Waals surface area contributed by atoms with E-state index in [-0.39, 0.29) is 11.5 Å². The lowest BCUT2D eigenvalue weighted by Gasteiger charge is -2.18. The Morgan fingerprint density at radius 1 is 1.00 bits per heavy atom. The Bertz CT molecular complexity index is 792. The van der Waals surface area contributed by atoms with Gasteiger partial charge < -0.3 is 14.7 Å². The maximum Gasteiger partial charge on any atom is 0.178 e. The largest absolute Gasteiger partial charge is 0.508 e. The molecule has 0 aromatic heterocycles. The normalized spacial score (nSPS) is 11.5. The molecular weight excluding hydrogens is 338 g/mol. The van der Waals surface area contributed by atoms with E-state index in [1.54, 1.807) is 30.4 Å². The number of benzene rings is 2. The zero-order chi connectivity index (χ0) is 19.5. The summed E-state index contributed by atoms with van der Waals surface area (Å²) < 4.78 is 5.81. The number of ether oxygens (including phenoxy) is 1. The van der Waals surface area contributed by atoms with Gasteiger partial charge in [-0.15, -0.1) is 0 Å². The Morgan fingerprint density at radius 3 is 2.26 bits per heavy atom. The van der Waals surface area contributed by atoms with Gasteiger partial charge in [-0.2, -0.15) is 0 Å². The minimum Gasteiger partial charge on any atom is -0.508 e. The molecule has 0 atom stereocenters. The fraction of sp³-hybridized carbons (Fsp3) is 0.261. The predicted molar refractivity (Wildman–Crippen MR) is 111 cm³/mol. The molecule has 27 heavy (non-hydrogen) atoms. The van der Waals surface area contributed by atoms with Crippen molar-refractivity contribution in [3.8, 4) is 11.5 Å². The molecule has 0 amide bonds. The van der Waals surface area contributed by atoms with Crippen LogP contribution in [0.5, 0.6) is 11.5 Å². The molecule has 1 N–H and O–H groups in total. The van der Waals surface area contributed by atoms with Crippen molar-refractivity contribution in [3.63, 3.8) is 0 Å². The van der Waals surface area contributed by atoms with Gasteiger partial charge in [0.25, 0.3) is 0 Å². The molecule has 0 fully saturated rings. The Morgan fingerprint density at radius 2 is 1.63 bits per heavy atom. The summed E-state index contributed by atoms with van der Waals surface area (Å²) in [5.41, 5.74) is 1.69. The highest BCUT2D eigenvalue weighted by Gasteiger charge is 2.00. The third-order valence-corrected chi connectivity index (χ3v) is 4.18. The molecule has 0 aliphatic heterocycles. The molecule has 2 rings (SSSR count). The van der Waals surface area contributed by atoms with Crippen LogP contribution in [0.4, 0.5) is 0 Å². The molecule has 0 aliphatic carbocycles. The number of nitrogens with zero attached hydrogens (tertiary/aromatic N) is 1. The van der Waals surface area contributed by atoms with Crippen LogP contribution in [0, 0.1) is 0 Å². The Balaban J connectivity index is 1.89. The van der Waals surface area contributed by atoms with E-state index in [9.17, 15) is 9.90 Å². The Labute approximate surface area is 161 Å². The number of allylic oxidation sites excluding steroid dienone is 2. The third-order valence-electron chi connectivity index (χ3n) is 4.18. The molecule has 0 saturated heterocycles. The van der Waals surface area contributed by atoms with Crippen LogP contribution in [0.2, 0.25) is 0 Å². The number of carbonyl (C=O) groups excluding carboxylic acids is 1. The summed E-state index contributed by atoms with van der Waals surface area (Å²) in [5, 5.41) is 9.43. The topological polar surface area (TPSA) is 49.8 Å². The maximum atomic E-state index is 12.0. The van der Waals surface area contributed by atoms with Crippen molar-refractivity contribution in [2.75, 3.05) is 26.2 Å². The van der Waals surface area contributed by atoms with Gasteiger partial charge in [-0.25, -0.2) is 0 Å². The van der Waals surface area contributed by atoms with Gasteiger partial charge in [-0.1, -0.05) is 50.3 Å². The first-order valence-corrected chi connectivity index (χ1v) is 9.25. The van der Waals surface area contributed by atoms with Crippen LogP contribution in [-0.4, -0.2) is 42.0 Å². The predicted octanol–water partition coefficient (Wildman–Crippen LogP) is 4.41. The number of likely N-dealkylation sites (N-methyl/N-ethyl adjacent to an activating group) is 1. The average Bonchev–Trinajstić information content (AvgIpc) is 2.68. The van der Waals surface area contributed by atoms with E-state index in [2.05, 4.69) is 18.7 Å². The van der Waals surface area contributed by atoms with Gasteiger partial charge in [-0.3, -0.25) is 4.79 Å². The van der Waals surface area contributed by atoms with E-state index in [1.165, 1.54) is 12.2 Å². The number of carbonyl (C=O) groups is 1. The third kappa shape index (κ3) is 7.50. The summed E-state index contributed by atoms with van der Waals surface area (Å²) in [6.07, 6.45) is 6.45. The minimum atomic E-state index is -0.119. The number of phenolic OH excluding ortho intramolecular Hbond substituents is 1. The summed E-state index contributed by atoms with van der Waals surface area (Å²) in [6, 6.07) is 14.4. The van der Waals surface area contributed by atoms with Gasteiger partial charge in [0.05, 0.1) is 0 Å². The zero-order valence-corrected chi connectivity index (χ0v) is 16.0. The second-order valence-electron chi connectivity index (χ2n) is 6.11. The first kappa shape index (κ1) is 20.5. The molecule has 2 aromatic carbocycles. The van der Waals surface area contributed by atoms with Crippen LogP contribution in [0.25, 0.3) is 12.2 Å². The van der Waals surface area contributed by atoms with Crippen LogP contribution in [0.15, 0.2) is 60.7 Å². The highest BCUT2D eigenvalue weighted by Crippen LogP contribution is 2.15. The lowest BCUT2D eigenvalue weighted by Crippen LogP contribution is -2.27. The lowest BCUT2D eigenvalue weighted by atomic mass is 10.1. The van der Waals surface area contributed by atoms with Crippen molar-refractivity contribution in [2.24, 2.45) is 0 Å². The first-order valence-electron chi connectivity index (χ1n) is 9.25. The van der Waals surface area contributed by atoms with E-state index in [1.807, 2.05) is 30.3 Å². The quantitative estimate of drug-likeness (QED) is 0.634. The summed E-state index contributed by atoms with van der Waals surface area (Å²) in [5.74, 6) is 0.858. The molecule has 0 radical (unpaired) electrons. The summed E-state index contributed by atoms with van der Waals surface area (Å²) in [7, 11) is 0. The molecule has 0 unspecified atom stereocenters. The standard InChI is InChI=1S/C23H27NO3/c1-3-24(4-2)15-16-27-23-10-6-8-20(18-23)12-14-21(25)13-11-19-7-5-9-22(26)17-19/h5-14,17-18,26H,3-4,15-16H2,1-2H3. The van der Waals surface area contributed by atoms with Crippen molar-refractivity contribution in [3.05, 3.63) is 71.8 Å². The molecule has 0 spiro atoms. The van der Waals surface area contributed by atoms with Crippen molar-refractivity contribution >= 4 is 17.9 Å². The maximum absolute atomic E-state index is 12.0. The molecule has 0 heterocycles. The van der Waals surface area contributed by atoms with Gasteiger partial charge >= 0.3 is 0 Å². The van der Waals surface area contributed by atoms with Gasteiger partial charge in [0, 0.05) is 6.54 Å². The van der Waals surface area contributed by atoms with Crippen LogP contribution in [0.3, 0.4) is 0 Å². The zero-order valence-electron chi connectivity index (χ0n) is 16.0. The smallest absolute Gasteiger partial charge is 0.178 e. The summed E-state index contributed by atoms with van der Waals surface area (Å²) in [4.78, 5) is 14.3. The van der Waals surface area contributed by atoms with E-state index >= 15 is 0 Å². The Hall–Kier alpha value is -2.85. The Kier molecular flexibility index (Phi) is 8.33. The fourth-order valence-electron chi connectivity index (χ4n) is 2.58. The van der Waals surface area contributed by atoms with Gasteiger partial charge in [0.15, 0.2) is 5.78 Å². The average molecular weight is 365 g/mol. The molecular formula is C23H27NO3. The molecule has 4 nitrogen and oxygen atoms in total. The number of phenols is 1. The molecule has 4 heteroatoms. The van der Waals surface area contributed by atoms with E-state index < -0.39 is 0 Å². The first-order chi connectivity index (χ1) is 13.1. The molecule has 0 aliphatic rings. The molecule has 2 aromatic rings. The van der Waals surface area contributed by atoms with Crippen molar-refractivity contribution in [2.45, 2.75) is 13.8 Å². The van der Waals surface area contributed by atoms with E-state index in [4.69, 9.17) is 4.74 Å². The number of hydrogen-bond acceptors (Lipinski definition) is 4. The highest BCUT2D eigenvalue weighted by atomic mass is 16.5. The summed E-state index contributed by atoms with van der Waals surface area (Å²) in [6.45, 7) is 7.84. The number of aromatic hydroxyl groups is 1. The molecule has 0 bridgehead atoms. The van der Waals surface area contributed by atoms with Crippen LogP contribution >= 0.6 is 0 Å². The second-order valence-corrected chi connectivity index (χ2v) is 6.11. The fourth-order valence-corrected chi connectivity index (χ4v) is 2.58. The van der Waals surface area contributed by atoms with Gasteiger partial charge in [0.2, 0.25) is 0 Å². The van der Waals surface area contributed by atoms with Crippen LogP contribution < -0.4 is 4.74 Å².